The van der Waals surface area contributed by atoms with Gasteiger partial charge in [-0.3, -0.25) is 0 Å². The molecule has 24 heteroatoms. The smallest absolute Gasteiger partial charge is 0.338 e. The van der Waals surface area contributed by atoms with Crippen LogP contribution in [-0.2, 0) is 56.8 Å². The molecular formula is C126H144O24. The second-order valence-corrected chi connectivity index (χ2v) is 37.4. The van der Waals surface area contributed by atoms with Gasteiger partial charge in [-0.15, -0.1) is 0 Å². The molecule has 0 aliphatic heterocycles. The van der Waals surface area contributed by atoms with E-state index in [-0.39, 0.29) is 11.8 Å². The highest BCUT2D eigenvalue weighted by atomic mass is 16.6. The summed E-state index contributed by atoms with van der Waals surface area (Å²) in [5.41, 5.74) is 1.94. The molecular weight excluding hydrogens is 1900 g/mol. The van der Waals surface area contributed by atoms with Crippen molar-refractivity contribution in [2.24, 2.45) is 11.8 Å². The lowest BCUT2D eigenvalue weighted by atomic mass is 9.83. The molecule has 0 spiro atoms. The first-order chi connectivity index (χ1) is 71.8. The maximum atomic E-state index is 12.6. The van der Waals surface area contributed by atoms with Gasteiger partial charge >= 0.3 is 71.6 Å². The fraction of sp³-hybridized carbons (Fsp3) is 0.333. The quantitative estimate of drug-likeness (QED) is 0.0253. The highest BCUT2D eigenvalue weighted by Gasteiger charge is 2.48. The van der Waals surface area contributed by atoms with E-state index in [9.17, 15) is 57.5 Å². The van der Waals surface area contributed by atoms with Gasteiger partial charge in [0, 0.05) is 0 Å². The fourth-order valence-corrected chi connectivity index (χ4v) is 15.3. The Bertz CT molecular complexity index is 5870. The Labute approximate surface area is 883 Å². The molecule has 0 N–H and O–H groups in total. The highest BCUT2D eigenvalue weighted by Crippen LogP contribution is 2.37. The Balaban J connectivity index is 0.000000243. The van der Waals surface area contributed by atoms with Crippen LogP contribution in [0.2, 0.25) is 0 Å². The third kappa shape index (κ3) is 39.8. The van der Waals surface area contributed by atoms with Crippen LogP contribution in [0.25, 0.3) is 0 Å². The van der Waals surface area contributed by atoms with E-state index in [0.29, 0.717) is 92.4 Å². The predicted molar refractivity (Wildman–Crippen MR) is 579 cm³/mol. The Morgan fingerprint density at radius 2 is 0.440 bits per heavy atom. The molecule has 150 heavy (non-hydrogen) atoms. The summed E-state index contributed by atoms with van der Waals surface area (Å²) < 4.78 is 67.7. The Hall–Kier alpha value is -15.7. The molecule has 24 nitrogen and oxygen atoms in total. The van der Waals surface area contributed by atoms with Gasteiger partial charge in [-0.2, -0.15) is 0 Å². The summed E-state index contributed by atoms with van der Waals surface area (Å²) in [6.45, 7) is 33.7. The summed E-state index contributed by atoms with van der Waals surface area (Å²) >= 11 is 0. The van der Waals surface area contributed by atoms with Gasteiger partial charge in [-0.1, -0.05) is 299 Å². The van der Waals surface area contributed by atoms with Gasteiger partial charge in [0.25, 0.3) is 0 Å². The van der Waals surface area contributed by atoms with Crippen molar-refractivity contribution < 1.29 is 114 Å². The first kappa shape index (κ1) is 121. The minimum atomic E-state index is -1.000. The summed E-state index contributed by atoms with van der Waals surface area (Å²) in [4.78, 5) is 148. The van der Waals surface area contributed by atoms with E-state index in [1.807, 2.05) is 135 Å². The number of carbonyl (C=O) groups excluding carboxylic acids is 12. The Morgan fingerprint density at radius 1 is 0.220 bits per heavy atom. The van der Waals surface area contributed by atoms with Crippen LogP contribution < -0.4 is 0 Å². The molecule has 0 fully saturated rings. The van der Waals surface area contributed by atoms with Crippen molar-refractivity contribution in [3.63, 3.8) is 0 Å². The van der Waals surface area contributed by atoms with Gasteiger partial charge in [-0.25, -0.2) is 57.5 Å². The van der Waals surface area contributed by atoms with Crippen molar-refractivity contribution >= 4 is 71.6 Å². The van der Waals surface area contributed by atoms with Gasteiger partial charge in [-0.05, 0) is 265 Å². The van der Waals surface area contributed by atoms with Gasteiger partial charge in [0.2, 0.25) is 0 Å². The average Bonchev–Trinajstić information content (AvgIpc) is 0.777. The van der Waals surface area contributed by atoms with Crippen LogP contribution in [0.4, 0.5) is 0 Å². The minimum absolute atomic E-state index is 0.0613. The fourth-order valence-electron chi connectivity index (χ4n) is 15.3. The Morgan fingerprint density at radius 3 is 0.700 bits per heavy atom. The molecule has 0 heterocycles. The van der Waals surface area contributed by atoms with Gasteiger partial charge in [0.1, 0.15) is 71.2 Å². The van der Waals surface area contributed by atoms with Crippen LogP contribution in [0.5, 0.6) is 0 Å². The molecule has 12 aromatic carbocycles. The molecule has 0 bridgehead atoms. The van der Waals surface area contributed by atoms with Crippen LogP contribution in [0.15, 0.2) is 364 Å². The number of benzene rings is 12. The van der Waals surface area contributed by atoms with Crippen LogP contribution in [0, 0.1) is 11.8 Å². The number of carbonyl (C=O) groups is 12. The Kier molecular flexibility index (Phi) is 51.0. The molecule has 0 amide bonds. The highest BCUT2D eigenvalue weighted by molar-refractivity contribution is 5.95. The van der Waals surface area contributed by atoms with Crippen LogP contribution in [-0.4, -0.2) is 143 Å². The summed E-state index contributed by atoms with van der Waals surface area (Å²) in [6.07, 6.45) is 2.99. The predicted octanol–water partition coefficient (Wildman–Crippen LogP) is 27.6. The van der Waals surface area contributed by atoms with Crippen molar-refractivity contribution in [2.75, 3.05) is 0 Å². The van der Waals surface area contributed by atoms with Crippen molar-refractivity contribution in [1.29, 1.82) is 0 Å². The van der Waals surface area contributed by atoms with Crippen molar-refractivity contribution in [1.82, 2.24) is 0 Å². The van der Waals surface area contributed by atoms with E-state index in [4.69, 9.17) is 56.8 Å². The number of hydrogen-bond acceptors (Lipinski definition) is 24. The van der Waals surface area contributed by atoms with E-state index in [1.54, 1.807) is 353 Å². The molecule has 0 aliphatic rings. The molecule has 12 unspecified atom stereocenters. The third-order valence-corrected chi connectivity index (χ3v) is 25.0. The van der Waals surface area contributed by atoms with Gasteiger partial charge in [0.15, 0.2) is 0 Å². The number of hydrogen-bond donors (Lipinski definition) is 0. The SMILES string of the molecule is CCC(C)C(OC(=O)c1ccccc1)C(C)OC(=O)c1ccccc1.CCC(C)C(OC(=O)c1ccccc1)C(C)OC(=O)c1ccccc1.CCCC(C)(OC(=O)c1ccccc1)C(C)(C)OC(=O)c1ccccc1.CCCC(C)(OC(=O)c1ccccc1)C(C)OC(=O)c1ccccc1.CCCC(OC(=O)c1ccccc1)C(C)(C)OC(=O)c1ccccc1.CCCC(OC(=O)c1ccccc1)C(C)OC(=O)c1ccccc1. The summed E-state index contributed by atoms with van der Waals surface area (Å²) in [6, 6.07) is 106. The zero-order valence-corrected chi connectivity index (χ0v) is 89.3. The molecule has 0 aliphatic carbocycles. The molecule has 12 aromatic rings. The van der Waals surface area contributed by atoms with E-state index >= 15 is 0 Å². The minimum Gasteiger partial charge on any atom is -0.455 e. The van der Waals surface area contributed by atoms with Crippen molar-refractivity contribution in [2.45, 2.75) is 260 Å². The molecule has 0 saturated carbocycles. The van der Waals surface area contributed by atoms with Crippen LogP contribution >= 0.6 is 0 Å². The molecule has 792 valence electrons. The van der Waals surface area contributed by atoms with Crippen LogP contribution in [0.1, 0.15) is 313 Å². The van der Waals surface area contributed by atoms with Crippen LogP contribution in [0.3, 0.4) is 0 Å². The normalized spacial score (nSPS) is 13.6. The zero-order valence-electron chi connectivity index (χ0n) is 89.3. The molecule has 0 saturated heterocycles. The number of rotatable bonds is 42. The molecule has 12 rings (SSSR count). The van der Waals surface area contributed by atoms with E-state index < -0.39 is 143 Å². The van der Waals surface area contributed by atoms with Gasteiger partial charge < -0.3 is 56.8 Å². The van der Waals surface area contributed by atoms with E-state index in [0.717, 1.165) is 38.5 Å². The standard InChI is InChI=1S/C22H26O4.4C21H24O4.C20H22O4/c1-5-16-22(4,26-20(24)18-14-10-7-11-15-18)21(2,3)25-19(23)17-12-8-6-9-13-17;1-4-15-21(3,25-20(23)18-13-9-6-10-14-18)16(2)24-19(22)17-11-7-5-8-12-17;2*1-4-15(2)19(25-21(23)18-13-9-6-10-14-18)16(3)24-20(22)17-11-7-5-8-12-17;1-4-11-18(24-19(22)16-12-7-5-8-13-16)21(2,3)25-20(23)17-14-9-6-10-15-17;1-3-10-18(24-20(22)17-13-8-5-9-14-17)15(2)23-19(21)16-11-6-4-7-12-16/h6-15H,5,16H2,1-4H3;5-14,16H,4,15H2,1-3H3;2*5-16,19H,4H2,1-3H3;5-10,12-15,18H,4,11H2,1-3H3;4-9,11-15,18H,3,10H2,1-2H3. The maximum Gasteiger partial charge on any atom is 0.338 e. The lowest BCUT2D eigenvalue weighted by Gasteiger charge is -2.42. The monoisotopic (exact) mass is 2040 g/mol. The largest absolute Gasteiger partial charge is 0.455 e. The molecule has 0 aromatic heterocycles. The van der Waals surface area contributed by atoms with Gasteiger partial charge in [0.05, 0.1) is 66.8 Å². The first-order valence-electron chi connectivity index (χ1n) is 51.1. The number of ether oxygens (including phenoxy) is 12. The van der Waals surface area contributed by atoms with Crippen molar-refractivity contribution in [3.8, 4) is 0 Å². The first-order valence-corrected chi connectivity index (χ1v) is 51.1. The summed E-state index contributed by atoms with van der Waals surface area (Å²) in [5.74, 6) is -4.90. The maximum absolute atomic E-state index is 12.6. The number of esters is 12. The van der Waals surface area contributed by atoms with E-state index in [1.165, 1.54) is 0 Å². The zero-order chi connectivity index (χ0) is 110. The lowest BCUT2D eigenvalue weighted by Crippen LogP contribution is -2.53. The second kappa shape index (κ2) is 63.1. The molecule has 12 atom stereocenters. The van der Waals surface area contributed by atoms with E-state index in [2.05, 4.69) is 0 Å². The average molecular weight is 2040 g/mol. The van der Waals surface area contributed by atoms with Crippen molar-refractivity contribution in [3.05, 3.63) is 431 Å². The topological polar surface area (TPSA) is 316 Å². The second-order valence-electron chi connectivity index (χ2n) is 37.4. The lowest BCUT2D eigenvalue weighted by molar-refractivity contribution is -0.137. The molecule has 0 radical (unpaired) electrons. The summed E-state index contributed by atoms with van der Waals surface area (Å²) in [5, 5.41) is 0. The summed E-state index contributed by atoms with van der Waals surface area (Å²) in [7, 11) is 0. The third-order valence-electron chi connectivity index (χ3n) is 25.0.